The Morgan fingerprint density at radius 1 is 1.43 bits per heavy atom. The van der Waals surface area contributed by atoms with Crippen LogP contribution in [-0.2, 0) is 12.7 Å². The van der Waals surface area contributed by atoms with E-state index in [0.29, 0.717) is 18.8 Å². The Kier molecular flexibility index (Phi) is 4.05. The molecule has 0 amide bonds. The summed E-state index contributed by atoms with van der Waals surface area (Å²) in [7, 11) is 0. The van der Waals surface area contributed by atoms with Gasteiger partial charge in [-0.1, -0.05) is 0 Å². The number of alkyl halides is 3. The summed E-state index contributed by atoms with van der Waals surface area (Å²) < 4.78 is 39.3. The van der Waals surface area contributed by atoms with E-state index in [1.807, 2.05) is 0 Å². The van der Waals surface area contributed by atoms with Crippen LogP contribution in [0.3, 0.4) is 0 Å². The fraction of sp³-hybridized carbons (Fsp3) is 0.273. The number of nitrogens with one attached hydrogen (secondary N) is 1. The Bertz CT molecular complexity index is 627. The summed E-state index contributed by atoms with van der Waals surface area (Å²) in [4.78, 5) is 13.1. The Labute approximate surface area is 116 Å². The van der Waals surface area contributed by atoms with Gasteiger partial charge in [0.25, 0.3) is 0 Å². The molecule has 0 radical (unpaired) electrons. The first-order valence-electron chi connectivity index (χ1n) is 5.81. The summed E-state index contributed by atoms with van der Waals surface area (Å²) >= 11 is 0. The topological polar surface area (TPSA) is 85.9 Å². The normalized spacial score (nSPS) is 11.4. The standard InChI is InChI=1S/C11H10F3N5O2/c12-11(13,14)10-6-8(9(7-16-10)19(20)21)15-3-5-18-4-1-2-17-18/h1-2,4,6-7H,3,5H2,(H,15,16). The molecule has 0 aliphatic rings. The van der Waals surface area contributed by atoms with Gasteiger partial charge in [-0.2, -0.15) is 18.3 Å². The van der Waals surface area contributed by atoms with Gasteiger partial charge in [-0.25, -0.2) is 4.98 Å². The van der Waals surface area contributed by atoms with E-state index in [0.717, 1.165) is 0 Å². The molecule has 2 rings (SSSR count). The molecule has 0 saturated heterocycles. The smallest absolute Gasteiger partial charge is 0.378 e. The minimum atomic E-state index is -4.66. The van der Waals surface area contributed by atoms with Crippen LogP contribution in [0.15, 0.2) is 30.7 Å². The third-order valence-corrected chi connectivity index (χ3v) is 2.59. The van der Waals surface area contributed by atoms with Gasteiger partial charge in [0.05, 0.1) is 11.5 Å². The Balaban J connectivity index is 2.16. The number of hydrogen-bond acceptors (Lipinski definition) is 5. The molecule has 2 heterocycles. The van der Waals surface area contributed by atoms with Gasteiger partial charge in [-0.05, 0) is 12.1 Å². The number of rotatable bonds is 5. The van der Waals surface area contributed by atoms with Crippen molar-refractivity contribution in [3.63, 3.8) is 0 Å². The van der Waals surface area contributed by atoms with Crippen molar-refractivity contribution in [2.24, 2.45) is 0 Å². The van der Waals surface area contributed by atoms with Gasteiger partial charge in [0.15, 0.2) is 0 Å². The lowest BCUT2D eigenvalue weighted by Gasteiger charge is -2.10. The summed E-state index contributed by atoms with van der Waals surface area (Å²) in [6, 6.07) is 2.32. The van der Waals surface area contributed by atoms with Gasteiger partial charge >= 0.3 is 11.9 Å². The highest BCUT2D eigenvalue weighted by Crippen LogP contribution is 2.32. The summed E-state index contributed by atoms with van der Waals surface area (Å²) in [5.41, 5.74) is -1.92. The number of nitro groups is 1. The quantitative estimate of drug-likeness (QED) is 0.676. The second-order valence-corrected chi connectivity index (χ2v) is 4.04. The summed E-state index contributed by atoms with van der Waals surface area (Å²) in [5, 5.41) is 17.3. The zero-order valence-corrected chi connectivity index (χ0v) is 10.5. The molecular formula is C11H10F3N5O2. The molecule has 0 aromatic carbocycles. The molecule has 10 heteroatoms. The molecule has 0 fully saturated rings. The van der Waals surface area contributed by atoms with E-state index in [1.165, 1.54) is 0 Å². The lowest BCUT2D eigenvalue weighted by atomic mass is 10.2. The van der Waals surface area contributed by atoms with Crippen molar-refractivity contribution in [1.82, 2.24) is 14.8 Å². The number of pyridine rings is 1. The van der Waals surface area contributed by atoms with Crippen LogP contribution in [0.5, 0.6) is 0 Å². The highest BCUT2D eigenvalue weighted by Gasteiger charge is 2.34. The van der Waals surface area contributed by atoms with Crippen LogP contribution in [0.2, 0.25) is 0 Å². The van der Waals surface area contributed by atoms with Gasteiger partial charge in [-0.15, -0.1) is 0 Å². The van der Waals surface area contributed by atoms with Gasteiger partial charge in [0.2, 0.25) is 0 Å². The number of aromatic nitrogens is 3. The molecule has 0 unspecified atom stereocenters. The SMILES string of the molecule is O=[N+]([O-])c1cnc(C(F)(F)F)cc1NCCn1cccn1. The average molecular weight is 301 g/mol. The lowest BCUT2D eigenvalue weighted by molar-refractivity contribution is -0.384. The lowest BCUT2D eigenvalue weighted by Crippen LogP contribution is -2.14. The number of halogens is 3. The van der Waals surface area contributed by atoms with E-state index in [2.05, 4.69) is 15.4 Å². The number of hydrogen-bond donors (Lipinski definition) is 1. The molecule has 0 aliphatic heterocycles. The fourth-order valence-corrected chi connectivity index (χ4v) is 1.63. The molecular weight excluding hydrogens is 291 g/mol. The van der Waals surface area contributed by atoms with Crippen LogP contribution in [0, 0.1) is 10.1 Å². The minimum Gasteiger partial charge on any atom is -0.378 e. The second-order valence-electron chi connectivity index (χ2n) is 4.04. The maximum atomic E-state index is 12.6. The predicted octanol–water partition coefficient (Wildman–Crippen LogP) is 2.32. The summed E-state index contributed by atoms with van der Waals surface area (Å²) in [6.07, 6.45) is -0.840. The van der Waals surface area contributed by atoms with Crippen LogP contribution in [0.4, 0.5) is 24.5 Å². The molecule has 1 N–H and O–H groups in total. The molecule has 0 atom stereocenters. The molecule has 7 nitrogen and oxygen atoms in total. The van der Waals surface area contributed by atoms with Crippen molar-refractivity contribution in [2.75, 3.05) is 11.9 Å². The predicted molar refractivity (Wildman–Crippen MR) is 66.6 cm³/mol. The highest BCUT2D eigenvalue weighted by atomic mass is 19.4. The van der Waals surface area contributed by atoms with E-state index in [1.54, 1.807) is 23.1 Å². The maximum absolute atomic E-state index is 12.6. The molecule has 0 spiro atoms. The second kappa shape index (κ2) is 5.77. The van der Waals surface area contributed by atoms with Crippen LogP contribution in [0.25, 0.3) is 0 Å². The van der Waals surface area contributed by atoms with E-state index in [-0.39, 0.29) is 12.2 Å². The number of nitrogens with zero attached hydrogens (tertiary/aromatic N) is 4. The molecule has 21 heavy (non-hydrogen) atoms. The first-order chi connectivity index (χ1) is 9.88. The highest BCUT2D eigenvalue weighted by molar-refractivity contribution is 5.61. The van der Waals surface area contributed by atoms with Crippen molar-refractivity contribution >= 4 is 11.4 Å². The van der Waals surface area contributed by atoms with Crippen molar-refractivity contribution in [1.29, 1.82) is 0 Å². The van der Waals surface area contributed by atoms with E-state index >= 15 is 0 Å². The largest absolute Gasteiger partial charge is 0.433 e. The summed E-state index contributed by atoms with van der Waals surface area (Å²) in [5.74, 6) is 0. The Hall–Kier alpha value is -2.65. The molecule has 2 aromatic rings. The molecule has 0 bridgehead atoms. The van der Waals surface area contributed by atoms with Gasteiger partial charge in [0, 0.05) is 18.9 Å². The zero-order valence-electron chi connectivity index (χ0n) is 10.5. The molecule has 112 valence electrons. The van der Waals surface area contributed by atoms with Crippen LogP contribution < -0.4 is 5.32 Å². The van der Waals surface area contributed by atoms with Crippen LogP contribution in [-0.4, -0.2) is 26.2 Å². The number of anilines is 1. The van der Waals surface area contributed by atoms with Crippen LogP contribution in [0.1, 0.15) is 5.69 Å². The van der Waals surface area contributed by atoms with Crippen molar-refractivity contribution in [2.45, 2.75) is 12.7 Å². The van der Waals surface area contributed by atoms with Gasteiger partial charge < -0.3 is 5.32 Å². The van der Waals surface area contributed by atoms with Gasteiger partial charge in [0.1, 0.15) is 17.6 Å². The first kappa shape index (κ1) is 14.8. The fourth-order valence-electron chi connectivity index (χ4n) is 1.63. The first-order valence-corrected chi connectivity index (χ1v) is 5.81. The van der Waals surface area contributed by atoms with E-state index in [9.17, 15) is 23.3 Å². The molecule has 0 aliphatic carbocycles. The zero-order chi connectivity index (χ0) is 15.5. The van der Waals surface area contributed by atoms with E-state index < -0.39 is 22.5 Å². The van der Waals surface area contributed by atoms with Crippen molar-refractivity contribution < 1.29 is 18.1 Å². The minimum absolute atomic E-state index is 0.184. The molecule has 2 aromatic heterocycles. The third kappa shape index (κ3) is 3.68. The van der Waals surface area contributed by atoms with Gasteiger partial charge in [-0.3, -0.25) is 14.8 Å². The maximum Gasteiger partial charge on any atom is 0.433 e. The van der Waals surface area contributed by atoms with E-state index in [4.69, 9.17) is 0 Å². The van der Waals surface area contributed by atoms with Crippen molar-refractivity contribution in [3.8, 4) is 0 Å². The third-order valence-electron chi connectivity index (χ3n) is 2.59. The Morgan fingerprint density at radius 3 is 2.76 bits per heavy atom. The van der Waals surface area contributed by atoms with Crippen LogP contribution >= 0.6 is 0 Å². The summed E-state index contributed by atoms with van der Waals surface area (Å²) in [6.45, 7) is 0.539. The van der Waals surface area contributed by atoms with Crippen molar-refractivity contribution in [3.05, 3.63) is 46.5 Å². The Morgan fingerprint density at radius 2 is 2.19 bits per heavy atom. The average Bonchev–Trinajstić information content (AvgIpc) is 2.90. The monoisotopic (exact) mass is 301 g/mol. The molecule has 0 saturated carbocycles.